The highest BCUT2D eigenvalue weighted by atomic mass is 35.5. The van der Waals surface area contributed by atoms with E-state index in [1.165, 1.54) is 0 Å². The van der Waals surface area contributed by atoms with E-state index >= 15 is 0 Å². The molecule has 1 aromatic heterocycles. The molecule has 0 aliphatic heterocycles. The molecule has 3 aromatic rings. The van der Waals surface area contributed by atoms with Crippen LogP contribution in [0.3, 0.4) is 0 Å². The van der Waals surface area contributed by atoms with E-state index in [1.54, 1.807) is 25.3 Å². The van der Waals surface area contributed by atoms with Gasteiger partial charge in [-0.25, -0.2) is 0 Å². The van der Waals surface area contributed by atoms with E-state index in [2.05, 4.69) is 5.16 Å². The Labute approximate surface area is 127 Å². The Kier molecular flexibility index (Phi) is 3.54. The maximum absolute atomic E-state index is 6.08. The second kappa shape index (κ2) is 5.50. The molecule has 0 amide bonds. The summed E-state index contributed by atoms with van der Waals surface area (Å²) in [6.07, 6.45) is 0. The first-order valence-corrected chi connectivity index (χ1v) is 6.73. The number of aromatic nitrogens is 1. The van der Waals surface area contributed by atoms with Crippen molar-refractivity contribution in [2.45, 2.75) is 0 Å². The molecule has 0 spiro atoms. The van der Waals surface area contributed by atoms with Crippen LogP contribution in [0.1, 0.15) is 0 Å². The fourth-order valence-corrected chi connectivity index (χ4v) is 2.41. The Morgan fingerprint density at radius 2 is 1.90 bits per heavy atom. The summed E-state index contributed by atoms with van der Waals surface area (Å²) in [4.78, 5) is 0. The number of nitrogens with two attached hydrogens (primary N) is 1. The molecule has 4 nitrogen and oxygen atoms in total. The lowest BCUT2D eigenvalue weighted by Crippen LogP contribution is -1.91. The third-order valence-corrected chi connectivity index (χ3v) is 3.43. The molecule has 0 radical (unpaired) electrons. The van der Waals surface area contributed by atoms with Gasteiger partial charge in [0.05, 0.1) is 12.7 Å². The molecule has 5 heteroatoms. The van der Waals surface area contributed by atoms with Crippen molar-refractivity contribution >= 4 is 17.5 Å². The Morgan fingerprint density at radius 3 is 2.62 bits per heavy atom. The summed E-state index contributed by atoms with van der Waals surface area (Å²) in [6.45, 7) is 0. The Bertz CT molecular complexity index is 769. The molecular formula is C16H13ClN2O2. The number of hydrogen-bond donors (Lipinski definition) is 1. The molecule has 2 N–H and O–H groups in total. The lowest BCUT2D eigenvalue weighted by Gasteiger charge is -2.08. The van der Waals surface area contributed by atoms with Crippen LogP contribution in [0.15, 0.2) is 53.1 Å². The van der Waals surface area contributed by atoms with Gasteiger partial charge < -0.3 is 15.0 Å². The smallest absolute Gasteiger partial charge is 0.230 e. The summed E-state index contributed by atoms with van der Waals surface area (Å²) in [5.41, 5.74) is 8.94. The van der Waals surface area contributed by atoms with Gasteiger partial charge in [-0.1, -0.05) is 47.1 Å². The lowest BCUT2D eigenvalue weighted by molar-refractivity contribution is 0.414. The van der Waals surface area contributed by atoms with Crippen LogP contribution in [0.2, 0.25) is 5.02 Å². The number of methoxy groups -OCH3 is 1. The SMILES string of the molecule is COc1ccc(Cl)cc1-c1noc(N)c1-c1ccccc1. The van der Waals surface area contributed by atoms with Crippen molar-refractivity contribution in [3.63, 3.8) is 0 Å². The minimum absolute atomic E-state index is 0.262. The molecule has 0 saturated carbocycles. The fourth-order valence-electron chi connectivity index (χ4n) is 2.24. The van der Waals surface area contributed by atoms with Gasteiger partial charge >= 0.3 is 0 Å². The lowest BCUT2D eigenvalue weighted by atomic mass is 10.0. The molecule has 0 saturated heterocycles. The molecular weight excluding hydrogens is 288 g/mol. The van der Waals surface area contributed by atoms with Crippen molar-refractivity contribution in [3.8, 4) is 28.1 Å². The Morgan fingerprint density at radius 1 is 1.14 bits per heavy atom. The standard InChI is InChI=1S/C16H13ClN2O2/c1-20-13-8-7-11(17)9-12(13)15-14(16(18)21-19-15)10-5-3-2-4-6-10/h2-9H,18H2,1H3. The van der Waals surface area contributed by atoms with Crippen LogP contribution < -0.4 is 10.5 Å². The summed E-state index contributed by atoms with van der Waals surface area (Å²) >= 11 is 6.08. The average Bonchev–Trinajstić information content (AvgIpc) is 2.89. The highest BCUT2D eigenvalue weighted by Gasteiger charge is 2.20. The molecule has 3 rings (SSSR count). The third-order valence-electron chi connectivity index (χ3n) is 3.20. The van der Waals surface area contributed by atoms with Gasteiger partial charge in [0.2, 0.25) is 5.88 Å². The van der Waals surface area contributed by atoms with Gasteiger partial charge in [-0.2, -0.15) is 0 Å². The maximum Gasteiger partial charge on any atom is 0.230 e. The molecule has 2 aromatic carbocycles. The van der Waals surface area contributed by atoms with Gasteiger partial charge in [0.1, 0.15) is 11.4 Å². The van der Waals surface area contributed by atoms with E-state index < -0.39 is 0 Å². The first-order chi connectivity index (χ1) is 10.2. The van der Waals surface area contributed by atoms with E-state index in [-0.39, 0.29) is 5.88 Å². The van der Waals surface area contributed by atoms with Crippen LogP contribution in [0.4, 0.5) is 5.88 Å². The van der Waals surface area contributed by atoms with E-state index in [4.69, 9.17) is 26.6 Å². The minimum Gasteiger partial charge on any atom is -0.496 e. The van der Waals surface area contributed by atoms with Crippen LogP contribution >= 0.6 is 11.6 Å². The van der Waals surface area contributed by atoms with Crippen molar-refractivity contribution in [2.24, 2.45) is 0 Å². The number of anilines is 1. The van der Waals surface area contributed by atoms with E-state index in [0.29, 0.717) is 16.5 Å². The molecule has 1 heterocycles. The predicted molar refractivity (Wildman–Crippen MR) is 83.3 cm³/mol. The first kappa shape index (κ1) is 13.5. The topological polar surface area (TPSA) is 61.3 Å². The van der Waals surface area contributed by atoms with Crippen molar-refractivity contribution in [1.29, 1.82) is 0 Å². The van der Waals surface area contributed by atoms with Gasteiger partial charge in [0.25, 0.3) is 0 Å². The first-order valence-electron chi connectivity index (χ1n) is 6.35. The molecule has 0 fully saturated rings. The van der Waals surface area contributed by atoms with Crippen LogP contribution in [-0.2, 0) is 0 Å². The molecule has 0 aliphatic carbocycles. The molecule has 21 heavy (non-hydrogen) atoms. The Balaban J connectivity index is 2.24. The number of hydrogen-bond acceptors (Lipinski definition) is 4. The van der Waals surface area contributed by atoms with Gasteiger partial charge in [-0.05, 0) is 23.8 Å². The normalized spacial score (nSPS) is 10.6. The maximum atomic E-state index is 6.08. The third kappa shape index (κ3) is 2.45. The van der Waals surface area contributed by atoms with Crippen molar-refractivity contribution < 1.29 is 9.26 Å². The summed E-state index contributed by atoms with van der Waals surface area (Å²) < 4.78 is 10.5. The zero-order chi connectivity index (χ0) is 14.8. The van der Waals surface area contributed by atoms with E-state index in [9.17, 15) is 0 Å². The molecule has 0 aliphatic rings. The fraction of sp³-hybridized carbons (Fsp3) is 0.0625. The monoisotopic (exact) mass is 300 g/mol. The summed E-state index contributed by atoms with van der Waals surface area (Å²) in [6, 6.07) is 15.0. The number of ether oxygens (including phenoxy) is 1. The van der Waals surface area contributed by atoms with Crippen LogP contribution in [-0.4, -0.2) is 12.3 Å². The quantitative estimate of drug-likeness (QED) is 0.785. The zero-order valence-electron chi connectivity index (χ0n) is 11.3. The van der Waals surface area contributed by atoms with Crippen molar-refractivity contribution in [1.82, 2.24) is 5.16 Å². The van der Waals surface area contributed by atoms with Gasteiger partial charge in [0.15, 0.2) is 0 Å². The highest BCUT2D eigenvalue weighted by molar-refractivity contribution is 6.31. The average molecular weight is 301 g/mol. The summed E-state index contributed by atoms with van der Waals surface area (Å²) in [7, 11) is 1.60. The molecule has 106 valence electrons. The largest absolute Gasteiger partial charge is 0.496 e. The number of nitrogen functional groups attached to an aromatic ring is 1. The Hall–Kier alpha value is -2.46. The van der Waals surface area contributed by atoms with Crippen molar-refractivity contribution in [2.75, 3.05) is 12.8 Å². The van der Waals surface area contributed by atoms with Crippen LogP contribution in [0, 0.1) is 0 Å². The van der Waals surface area contributed by atoms with Gasteiger partial charge in [0, 0.05) is 10.6 Å². The predicted octanol–water partition coefficient (Wildman–Crippen LogP) is 4.25. The van der Waals surface area contributed by atoms with Gasteiger partial charge in [-0.3, -0.25) is 0 Å². The second-order valence-electron chi connectivity index (χ2n) is 4.48. The zero-order valence-corrected chi connectivity index (χ0v) is 12.1. The van der Waals surface area contributed by atoms with Crippen LogP contribution in [0.25, 0.3) is 22.4 Å². The van der Waals surface area contributed by atoms with Crippen LogP contribution in [0.5, 0.6) is 5.75 Å². The van der Waals surface area contributed by atoms with E-state index in [0.717, 1.165) is 16.7 Å². The summed E-state index contributed by atoms with van der Waals surface area (Å²) in [5.74, 6) is 0.920. The van der Waals surface area contributed by atoms with Gasteiger partial charge in [-0.15, -0.1) is 0 Å². The molecule has 0 bridgehead atoms. The van der Waals surface area contributed by atoms with Crippen molar-refractivity contribution in [3.05, 3.63) is 53.6 Å². The molecule has 0 atom stereocenters. The minimum atomic E-state index is 0.262. The number of rotatable bonds is 3. The summed E-state index contributed by atoms with van der Waals surface area (Å²) in [5, 5.41) is 4.66. The second-order valence-corrected chi connectivity index (χ2v) is 4.92. The molecule has 0 unspecified atom stereocenters. The highest BCUT2D eigenvalue weighted by Crippen LogP contribution is 2.40. The number of benzene rings is 2. The number of nitrogens with zero attached hydrogens (tertiary/aromatic N) is 1. The van der Waals surface area contributed by atoms with E-state index in [1.807, 2.05) is 30.3 Å². The number of halogens is 1.